The van der Waals surface area contributed by atoms with Gasteiger partial charge in [0.05, 0.1) is 21.3 Å². The van der Waals surface area contributed by atoms with Crippen molar-refractivity contribution in [3.8, 4) is 11.1 Å². The monoisotopic (exact) mass is 448 g/mol. The van der Waals surface area contributed by atoms with Gasteiger partial charge in [0.2, 0.25) is 5.95 Å². The van der Waals surface area contributed by atoms with Gasteiger partial charge in [-0.05, 0) is 24.6 Å². The number of hydrogen-bond acceptors (Lipinski definition) is 7. The summed E-state index contributed by atoms with van der Waals surface area (Å²) in [7, 11) is 0. The predicted molar refractivity (Wildman–Crippen MR) is 111 cm³/mol. The molecule has 0 aliphatic carbocycles. The second-order valence-electron chi connectivity index (χ2n) is 6.61. The van der Waals surface area contributed by atoms with Crippen LogP contribution in [0.25, 0.3) is 32.9 Å². The lowest BCUT2D eigenvalue weighted by molar-refractivity contribution is -0.385. The highest BCUT2D eigenvalue weighted by atomic mass is 19.4. The molecular formula is C19H15F3N6O4. The lowest BCUT2D eigenvalue weighted by Gasteiger charge is -2.10. The van der Waals surface area contributed by atoms with Crippen LogP contribution in [0.2, 0.25) is 0 Å². The van der Waals surface area contributed by atoms with Crippen LogP contribution in [0.4, 0.5) is 30.6 Å². The van der Waals surface area contributed by atoms with Crippen LogP contribution in [0.5, 0.6) is 0 Å². The molecule has 0 aliphatic heterocycles. The van der Waals surface area contributed by atoms with Crippen LogP contribution in [-0.4, -0.2) is 37.1 Å². The summed E-state index contributed by atoms with van der Waals surface area (Å²) in [5, 5.41) is 19.9. The Labute approximate surface area is 176 Å². The van der Waals surface area contributed by atoms with Gasteiger partial charge in [0, 0.05) is 28.8 Å². The van der Waals surface area contributed by atoms with Gasteiger partial charge >= 0.3 is 12.1 Å². The molecule has 0 bridgehead atoms. The number of nitrogens with zero attached hydrogens (tertiary/aromatic N) is 3. The molecule has 0 aliphatic rings. The Bertz CT molecular complexity index is 1370. The van der Waals surface area contributed by atoms with Crippen molar-refractivity contribution in [3.05, 3.63) is 52.2 Å². The number of aliphatic carboxylic acids is 1. The highest BCUT2D eigenvalue weighted by Gasteiger charge is 2.38. The number of nitro benzene ring substituents is 1. The maximum Gasteiger partial charge on any atom is 0.490 e. The van der Waals surface area contributed by atoms with E-state index in [9.17, 15) is 23.3 Å². The van der Waals surface area contributed by atoms with Crippen LogP contribution in [0.3, 0.4) is 0 Å². The van der Waals surface area contributed by atoms with Crippen LogP contribution in [0, 0.1) is 17.0 Å². The van der Waals surface area contributed by atoms with Gasteiger partial charge in [-0.2, -0.15) is 18.2 Å². The Morgan fingerprint density at radius 3 is 2.44 bits per heavy atom. The number of rotatable bonds is 2. The van der Waals surface area contributed by atoms with Crippen molar-refractivity contribution in [1.82, 2.24) is 15.0 Å². The number of carboxylic acid groups (broad SMARTS) is 1. The SMILES string of the molecule is Cc1ccc(-c2cc3nc(N)nc(N)c3c3cc[nH]c23)cc1[N+](=O)[O-].O=C(O)C(F)(F)F. The Morgan fingerprint density at radius 2 is 1.84 bits per heavy atom. The first-order valence-electron chi connectivity index (χ1n) is 8.78. The number of nitro groups is 1. The molecule has 2 aromatic heterocycles. The largest absolute Gasteiger partial charge is 0.490 e. The van der Waals surface area contributed by atoms with E-state index in [2.05, 4.69) is 15.0 Å². The second-order valence-corrected chi connectivity index (χ2v) is 6.61. The molecule has 0 spiro atoms. The van der Waals surface area contributed by atoms with E-state index in [1.165, 1.54) is 0 Å². The fraction of sp³-hybridized carbons (Fsp3) is 0.105. The maximum atomic E-state index is 11.3. The van der Waals surface area contributed by atoms with Gasteiger partial charge in [0.15, 0.2) is 0 Å². The Kier molecular flexibility index (Phi) is 5.58. The zero-order valence-electron chi connectivity index (χ0n) is 16.3. The minimum Gasteiger partial charge on any atom is -0.475 e. The van der Waals surface area contributed by atoms with Gasteiger partial charge in [-0.3, -0.25) is 10.1 Å². The van der Waals surface area contributed by atoms with Crippen molar-refractivity contribution in [2.75, 3.05) is 11.5 Å². The summed E-state index contributed by atoms with van der Waals surface area (Å²) in [6.07, 6.45) is -3.30. The van der Waals surface area contributed by atoms with E-state index in [0.29, 0.717) is 27.8 Å². The number of aryl methyl sites for hydroxylation is 1. The molecule has 0 saturated carbocycles. The predicted octanol–water partition coefficient (Wildman–Crippen LogP) is 3.79. The molecule has 2 aromatic carbocycles. The van der Waals surface area contributed by atoms with Gasteiger partial charge in [-0.15, -0.1) is 0 Å². The van der Waals surface area contributed by atoms with Gasteiger partial charge in [-0.1, -0.05) is 12.1 Å². The highest BCUT2D eigenvalue weighted by Crippen LogP contribution is 2.37. The first kappa shape index (κ1) is 22.3. The van der Waals surface area contributed by atoms with Gasteiger partial charge in [0.25, 0.3) is 5.69 Å². The van der Waals surface area contributed by atoms with Crippen molar-refractivity contribution in [2.45, 2.75) is 13.1 Å². The summed E-state index contributed by atoms with van der Waals surface area (Å²) < 4.78 is 31.7. The molecule has 0 radical (unpaired) electrons. The molecule has 6 N–H and O–H groups in total. The number of nitrogen functional groups attached to an aromatic ring is 2. The first-order valence-corrected chi connectivity index (χ1v) is 8.78. The zero-order valence-corrected chi connectivity index (χ0v) is 16.3. The summed E-state index contributed by atoms with van der Waals surface area (Å²) in [6.45, 7) is 1.71. The van der Waals surface area contributed by atoms with E-state index in [1.807, 2.05) is 18.2 Å². The molecule has 0 fully saturated rings. The smallest absolute Gasteiger partial charge is 0.475 e. The Morgan fingerprint density at radius 1 is 1.19 bits per heavy atom. The van der Waals surface area contributed by atoms with E-state index in [4.69, 9.17) is 21.4 Å². The summed E-state index contributed by atoms with van der Waals surface area (Å²) in [5.74, 6) is -2.37. The lowest BCUT2D eigenvalue weighted by Crippen LogP contribution is -2.21. The fourth-order valence-electron chi connectivity index (χ4n) is 3.11. The first-order chi connectivity index (χ1) is 14.9. The Hall–Kier alpha value is -4.42. The number of carboxylic acids is 1. The number of H-pyrrole nitrogens is 1. The van der Waals surface area contributed by atoms with Crippen LogP contribution < -0.4 is 11.5 Å². The van der Waals surface area contributed by atoms with E-state index in [1.54, 1.807) is 25.3 Å². The van der Waals surface area contributed by atoms with E-state index in [0.717, 1.165) is 16.5 Å². The van der Waals surface area contributed by atoms with Crippen LogP contribution in [0.15, 0.2) is 36.5 Å². The zero-order chi connectivity index (χ0) is 23.8. The number of aromatic amines is 1. The number of anilines is 2. The molecule has 0 unspecified atom stereocenters. The van der Waals surface area contributed by atoms with Crippen molar-refractivity contribution in [2.24, 2.45) is 0 Å². The molecule has 166 valence electrons. The van der Waals surface area contributed by atoms with Crippen molar-refractivity contribution >= 4 is 45.2 Å². The standard InChI is InChI=1S/C17H14N6O2.C2HF3O2/c1-8-2-3-9(6-13(8)23(24)25)11-7-12-14(10-4-5-20-15(10)11)16(18)22-17(19)21-12;3-2(4,5)1(6)7/h2-7,20H,1H3,(H4,18,19,21,22);(H,6,7). The van der Waals surface area contributed by atoms with Gasteiger partial charge < -0.3 is 21.6 Å². The van der Waals surface area contributed by atoms with Crippen LogP contribution in [0.1, 0.15) is 5.56 Å². The van der Waals surface area contributed by atoms with Gasteiger partial charge in [0.1, 0.15) is 5.82 Å². The quantitative estimate of drug-likeness (QED) is 0.265. The molecular weight excluding hydrogens is 433 g/mol. The van der Waals surface area contributed by atoms with E-state index < -0.39 is 12.1 Å². The number of nitrogens with one attached hydrogen (secondary N) is 1. The molecule has 0 saturated heterocycles. The minimum atomic E-state index is -5.08. The molecule has 4 rings (SSSR count). The van der Waals surface area contributed by atoms with E-state index in [-0.39, 0.29) is 16.6 Å². The minimum absolute atomic E-state index is 0.0685. The van der Waals surface area contributed by atoms with E-state index >= 15 is 0 Å². The average Bonchev–Trinajstić information content (AvgIpc) is 3.16. The Balaban J connectivity index is 0.000000360. The lowest BCUT2D eigenvalue weighted by atomic mass is 9.98. The summed E-state index contributed by atoms with van der Waals surface area (Å²) >= 11 is 0. The molecule has 0 amide bonds. The number of aromatic nitrogens is 3. The second kappa shape index (κ2) is 8.02. The number of alkyl halides is 3. The van der Waals surface area contributed by atoms with Gasteiger partial charge in [-0.25, -0.2) is 9.78 Å². The molecule has 0 atom stereocenters. The van der Waals surface area contributed by atoms with Crippen molar-refractivity contribution < 1.29 is 28.0 Å². The molecule has 10 nitrogen and oxygen atoms in total. The maximum absolute atomic E-state index is 11.3. The van der Waals surface area contributed by atoms with Crippen molar-refractivity contribution in [1.29, 1.82) is 0 Å². The number of halogens is 3. The topological polar surface area (TPSA) is 174 Å². The molecule has 32 heavy (non-hydrogen) atoms. The third-order valence-electron chi connectivity index (χ3n) is 4.51. The van der Waals surface area contributed by atoms with Crippen molar-refractivity contribution in [3.63, 3.8) is 0 Å². The number of carbonyl (C=O) groups is 1. The number of nitrogens with two attached hydrogens (primary N) is 2. The third kappa shape index (κ3) is 4.21. The number of fused-ring (bicyclic) bond motifs is 3. The molecule has 13 heteroatoms. The van der Waals surface area contributed by atoms with Crippen LogP contribution in [-0.2, 0) is 4.79 Å². The van der Waals surface area contributed by atoms with Crippen LogP contribution >= 0.6 is 0 Å². The summed E-state index contributed by atoms with van der Waals surface area (Å²) in [5.41, 5.74) is 15.3. The summed E-state index contributed by atoms with van der Waals surface area (Å²) in [4.78, 5) is 31.2. The third-order valence-corrected chi connectivity index (χ3v) is 4.51. The number of benzene rings is 2. The average molecular weight is 448 g/mol. The summed E-state index contributed by atoms with van der Waals surface area (Å²) in [6, 6.07) is 8.83. The molecule has 4 aromatic rings. The normalized spacial score (nSPS) is 11.2. The molecule has 2 heterocycles. The number of hydrogen-bond donors (Lipinski definition) is 4. The fourth-order valence-corrected chi connectivity index (χ4v) is 3.11. The highest BCUT2D eigenvalue weighted by molar-refractivity contribution is 6.15.